The van der Waals surface area contributed by atoms with Gasteiger partial charge in [-0.1, -0.05) is 13.3 Å². The van der Waals surface area contributed by atoms with Crippen LogP contribution in [0.5, 0.6) is 0 Å². The van der Waals surface area contributed by atoms with Crippen LogP contribution in [-0.2, 0) is 0 Å². The van der Waals surface area contributed by atoms with E-state index in [-0.39, 0.29) is 12.8 Å². The van der Waals surface area contributed by atoms with E-state index in [9.17, 15) is 13.2 Å². The summed E-state index contributed by atoms with van der Waals surface area (Å²) in [7, 11) is 0. The number of thiol groups is 1. The van der Waals surface area contributed by atoms with Crippen molar-refractivity contribution in [3.05, 3.63) is 0 Å². The molecule has 1 fully saturated rings. The highest BCUT2D eigenvalue weighted by Gasteiger charge is 2.60. The lowest BCUT2D eigenvalue weighted by Crippen LogP contribution is -2.49. The van der Waals surface area contributed by atoms with E-state index in [0.717, 1.165) is 0 Å². The Kier molecular flexibility index (Phi) is 2.16. The van der Waals surface area contributed by atoms with Crippen LogP contribution in [0.2, 0.25) is 0 Å². The second-order valence-corrected chi connectivity index (χ2v) is 3.96. The van der Waals surface area contributed by atoms with Gasteiger partial charge >= 0.3 is 6.18 Å². The molecule has 1 saturated carbocycles. The molecule has 0 nitrogen and oxygen atoms in total. The van der Waals surface area contributed by atoms with Gasteiger partial charge in [-0.05, 0) is 12.8 Å². The molecule has 66 valence electrons. The van der Waals surface area contributed by atoms with Crippen LogP contribution < -0.4 is 0 Å². The standard InChI is InChI=1S/C7H11F3S/c1-5(11)6(3-2-4-6)7(8,9)10/h5,11H,2-4H2,1H3. The Morgan fingerprint density at radius 2 is 1.82 bits per heavy atom. The van der Waals surface area contributed by atoms with Gasteiger partial charge in [-0.3, -0.25) is 0 Å². The van der Waals surface area contributed by atoms with Crippen molar-refractivity contribution in [3.8, 4) is 0 Å². The van der Waals surface area contributed by atoms with Gasteiger partial charge in [0.15, 0.2) is 0 Å². The molecule has 0 amide bonds. The highest BCUT2D eigenvalue weighted by Crippen LogP contribution is 2.56. The molecular formula is C7H11F3S. The maximum atomic E-state index is 12.4. The third kappa shape index (κ3) is 1.25. The van der Waals surface area contributed by atoms with Gasteiger partial charge in [0.1, 0.15) is 0 Å². The van der Waals surface area contributed by atoms with Gasteiger partial charge in [-0.2, -0.15) is 25.8 Å². The molecule has 0 radical (unpaired) electrons. The lowest BCUT2D eigenvalue weighted by Gasteiger charge is -2.45. The average Bonchev–Trinajstić information content (AvgIpc) is 1.52. The Balaban J connectivity index is 2.76. The van der Waals surface area contributed by atoms with Gasteiger partial charge in [-0.15, -0.1) is 0 Å². The highest BCUT2D eigenvalue weighted by atomic mass is 32.1. The predicted octanol–water partition coefficient (Wildman–Crippen LogP) is 3.04. The van der Waals surface area contributed by atoms with E-state index in [1.165, 1.54) is 6.92 Å². The molecule has 1 aliphatic rings. The van der Waals surface area contributed by atoms with Gasteiger partial charge in [0.05, 0.1) is 5.41 Å². The SMILES string of the molecule is CC(S)C1(C(F)(F)F)CCC1. The van der Waals surface area contributed by atoms with E-state index >= 15 is 0 Å². The molecule has 0 aliphatic heterocycles. The highest BCUT2D eigenvalue weighted by molar-refractivity contribution is 7.81. The van der Waals surface area contributed by atoms with Crippen molar-refractivity contribution in [2.24, 2.45) is 5.41 Å². The topological polar surface area (TPSA) is 0 Å². The van der Waals surface area contributed by atoms with Gasteiger partial charge < -0.3 is 0 Å². The molecule has 1 rings (SSSR count). The van der Waals surface area contributed by atoms with Gasteiger partial charge in [0.25, 0.3) is 0 Å². The minimum Gasteiger partial charge on any atom is -0.175 e. The average molecular weight is 184 g/mol. The fourth-order valence-electron chi connectivity index (χ4n) is 1.50. The molecule has 0 bridgehead atoms. The second kappa shape index (κ2) is 2.57. The van der Waals surface area contributed by atoms with Gasteiger partial charge in [0, 0.05) is 5.25 Å². The van der Waals surface area contributed by atoms with Crippen molar-refractivity contribution in [2.75, 3.05) is 0 Å². The third-order valence-electron chi connectivity index (χ3n) is 2.61. The lowest BCUT2D eigenvalue weighted by molar-refractivity contribution is -0.248. The minimum absolute atomic E-state index is 0.251. The number of halogens is 3. The van der Waals surface area contributed by atoms with E-state index in [1.807, 2.05) is 0 Å². The van der Waals surface area contributed by atoms with Gasteiger partial charge in [0.2, 0.25) is 0 Å². The summed E-state index contributed by atoms with van der Waals surface area (Å²) in [6.45, 7) is 1.52. The van der Waals surface area contributed by atoms with Crippen LogP contribution in [0.25, 0.3) is 0 Å². The largest absolute Gasteiger partial charge is 0.395 e. The number of hydrogen-bond donors (Lipinski definition) is 1. The summed E-state index contributed by atoms with van der Waals surface area (Å²) in [5, 5.41) is -0.573. The molecule has 0 N–H and O–H groups in total. The summed E-state index contributed by atoms with van der Waals surface area (Å²) in [4.78, 5) is 0. The van der Waals surface area contributed by atoms with Crippen LogP contribution in [0, 0.1) is 5.41 Å². The normalized spacial score (nSPS) is 25.9. The Morgan fingerprint density at radius 3 is 1.82 bits per heavy atom. The van der Waals surface area contributed by atoms with Crippen LogP contribution in [0.15, 0.2) is 0 Å². The number of rotatable bonds is 1. The van der Waals surface area contributed by atoms with Gasteiger partial charge in [-0.25, -0.2) is 0 Å². The van der Waals surface area contributed by atoms with Crippen LogP contribution in [0.4, 0.5) is 13.2 Å². The summed E-state index contributed by atoms with van der Waals surface area (Å²) < 4.78 is 37.1. The molecule has 0 saturated heterocycles. The zero-order valence-electron chi connectivity index (χ0n) is 6.28. The van der Waals surface area contributed by atoms with Crippen molar-refractivity contribution >= 4 is 12.6 Å². The van der Waals surface area contributed by atoms with E-state index in [1.54, 1.807) is 0 Å². The molecular weight excluding hydrogens is 173 g/mol. The first-order valence-corrected chi connectivity index (χ1v) is 4.16. The molecule has 0 heterocycles. The minimum atomic E-state index is -4.06. The third-order valence-corrected chi connectivity index (χ3v) is 3.10. The molecule has 1 unspecified atom stereocenters. The fraction of sp³-hybridized carbons (Fsp3) is 1.00. The molecule has 0 spiro atoms. The molecule has 0 aromatic heterocycles. The Bertz CT molecular complexity index is 146. The second-order valence-electron chi connectivity index (χ2n) is 3.18. The van der Waals surface area contributed by atoms with Crippen molar-refractivity contribution in [1.82, 2.24) is 0 Å². The first-order valence-electron chi connectivity index (χ1n) is 3.65. The number of hydrogen-bond acceptors (Lipinski definition) is 1. The van der Waals surface area contributed by atoms with Crippen LogP contribution >= 0.6 is 12.6 Å². The predicted molar refractivity (Wildman–Crippen MR) is 40.8 cm³/mol. The van der Waals surface area contributed by atoms with Crippen LogP contribution in [0.3, 0.4) is 0 Å². The van der Waals surface area contributed by atoms with E-state index < -0.39 is 16.8 Å². The zero-order chi connectivity index (χ0) is 8.70. The Morgan fingerprint density at radius 1 is 1.36 bits per heavy atom. The molecule has 0 aromatic carbocycles. The van der Waals surface area contributed by atoms with Crippen LogP contribution in [-0.4, -0.2) is 11.4 Å². The van der Waals surface area contributed by atoms with Crippen molar-refractivity contribution in [3.63, 3.8) is 0 Å². The van der Waals surface area contributed by atoms with E-state index in [4.69, 9.17) is 0 Å². The summed E-state index contributed by atoms with van der Waals surface area (Å²) in [5.41, 5.74) is -1.48. The maximum absolute atomic E-state index is 12.4. The van der Waals surface area contributed by atoms with E-state index in [0.29, 0.717) is 6.42 Å². The zero-order valence-corrected chi connectivity index (χ0v) is 7.17. The molecule has 4 heteroatoms. The summed E-state index contributed by atoms with van der Waals surface area (Å²) in [5.74, 6) is 0. The quantitative estimate of drug-likeness (QED) is 0.595. The van der Waals surface area contributed by atoms with Crippen molar-refractivity contribution in [1.29, 1.82) is 0 Å². The first-order chi connectivity index (χ1) is 4.90. The Labute approximate surface area is 69.6 Å². The van der Waals surface area contributed by atoms with Crippen molar-refractivity contribution in [2.45, 2.75) is 37.6 Å². The van der Waals surface area contributed by atoms with E-state index in [2.05, 4.69) is 12.6 Å². The molecule has 1 aliphatic carbocycles. The summed E-state index contributed by atoms with van der Waals surface area (Å²) in [6.07, 6.45) is -2.88. The fourth-order valence-corrected chi connectivity index (χ4v) is 1.90. The summed E-state index contributed by atoms with van der Waals surface area (Å²) >= 11 is 3.88. The monoisotopic (exact) mass is 184 g/mol. The lowest BCUT2D eigenvalue weighted by atomic mass is 9.66. The molecule has 11 heavy (non-hydrogen) atoms. The molecule has 1 atom stereocenters. The Hall–Kier alpha value is 0.140. The smallest absolute Gasteiger partial charge is 0.175 e. The molecule has 0 aromatic rings. The van der Waals surface area contributed by atoms with Crippen molar-refractivity contribution < 1.29 is 13.2 Å². The first kappa shape index (κ1) is 9.23. The summed E-state index contributed by atoms with van der Waals surface area (Å²) in [6, 6.07) is 0. The maximum Gasteiger partial charge on any atom is 0.395 e. The van der Waals surface area contributed by atoms with Crippen LogP contribution in [0.1, 0.15) is 26.2 Å². The number of alkyl halides is 3.